The van der Waals surface area contributed by atoms with E-state index in [0.717, 1.165) is 24.7 Å². The minimum atomic E-state index is -3.27. The number of likely N-dealkylation sites (N-methyl/N-ethyl adjacent to an activating group) is 1. The van der Waals surface area contributed by atoms with Crippen molar-refractivity contribution in [2.75, 3.05) is 18.0 Å². The first-order valence-corrected chi connectivity index (χ1v) is 9.77. The predicted molar refractivity (Wildman–Crippen MR) is 93.6 cm³/mol. The van der Waals surface area contributed by atoms with Crippen molar-refractivity contribution in [2.45, 2.75) is 38.1 Å². The molecule has 2 rings (SSSR count). The summed E-state index contributed by atoms with van der Waals surface area (Å²) in [4.78, 5) is 14.0. The molecular weight excluding hydrogens is 312 g/mol. The molecule has 23 heavy (non-hydrogen) atoms. The van der Waals surface area contributed by atoms with Gasteiger partial charge in [-0.05, 0) is 36.6 Å². The number of carbonyl (C=O) groups is 1. The van der Waals surface area contributed by atoms with E-state index in [4.69, 9.17) is 0 Å². The number of hydrogen-bond acceptors (Lipinski definition) is 3. The lowest BCUT2D eigenvalue weighted by Crippen LogP contribution is -2.37. The van der Waals surface area contributed by atoms with Gasteiger partial charge in [0.05, 0.1) is 6.26 Å². The maximum Gasteiger partial charge on any atom is 0.246 e. The first kappa shape index (κ1) is 17.5. The first-order chi connectivity index (χ1) is 10.8. The third kappa shape index (κ3) is 5.71. The zero-order chi connectivity index (χ0) is 16.9. The lowest BCUT2D eigenvalue weighted by atomic mass is 9.94. The lowest BCUT2D eigenvalue weighted by molar-refractivity contribution is -0.127. The van der Waals surface area contributed by atoms with E-state index in [1.807, 2.05) is 11.9 Å². The Morgan fingerprint density at radius 3 is 2.35 bits per heavy atom. The van der Waals surface area contributed by atoms with Crippen molar-refractivity contribution in [1.82, 2.24) is 4.90 Å². The van der Waals surface area contributed by atoms with Gasteiger partial charge >= 0.3 is 0 Å². The molecule has 6 heteroatoms. The molecule has 1 amide bonds. The van der Waals surface area contributed by atoms with Crippen LogP contribution in [0.25, 0.3) is 6.08 Å². The summed E-state index contributed by atoms with van der Waals surface area (Å²) >= 11 is 0. The Bertz CT molecular complexity index is 660. The van der Waals surface area contributed by atoms with E-state index in [2.05, 4.69) is 4.72 Å². The normalized spacial score (nSPS) is 16.4. The van der Waals surface area contributed by atoms with Gasteiger partial charge in [0.2, 0.25) is 15.9 Å². The number of nitrogens with zero attached hydrogens (tertiary/aromatic N) is 1. The zero-order valence-electron chi connectivity index (χ0n) is 13.7. The number of sulfonamides is 1. The standard InChI is InChI=1S/C17H24N2O3S/c1-19(16-6-4-3-5-7-16)17(20)13-10-14-8-11-15(12-9-14)18-23(2,21)22/h8-13,16,18H,3-7H2,1-2H3/b13-10+. The van der Waals surface area contributed by atoms with Crippen LogP contribution >= 0.6 is 0 Å². The van der Waals surface area contributed by atoms with E-state index in [0.29, 0.717) is 11.7 Å². The molecule has 1 saturated carbocycles. The van der Waals surface area contributed by atoms with Crippen molar-refractivity contribution < 1.29 is 13.2 Å². The second-order valence-corrected chi connectivity index (χ2v) is 7.82. The van der Waals surface area contributed by atoms with Gasteiger partial charge in [-0.1, -0.05) is 31.4 Å². The van der Waals surface area contributed by atoms with Gasteiger partial charge in [0, 0.05) is 24.9 Å². The second kappa shape index (κ2) is 7.64. The molecule has 0 spiro atoms. The minimum Gasteiger partial charge on any atom is -0.339 e. The van der Waals surface area contributed by atoms with Crippen LogP contribution in [0.3, 0.4) is 0 Å². The number of carbonyl (C=O) groups excluding carboxylic acids is 1. The van der Waals surface area contributed by atoms with Gasteiger partial charge in [0.25, 0.3) is 0 Å². The van der Waals surface area contributed by atoms with Crippen LogP contribution < -0.4 is 4.72 Å². The molecule has 0 unspecified atom stereocenters. The molecule has 0 radical (unpaired) electrons. The fourth-order valence-electron chi connectivity index (χ4n) is 2.81. The van der Waals surface area contributed by atoms with Crippen molar-refractivity contribution in [3.05, 3.63) is 35.9 Å². The smallest absolute Gasteiger partial charge is 0.246 e. The van der Waals surface area contributed by atoms with Gasteiger partial charge in [-0.15, -0.1) is 0 Å². The van der Waals surface area contributed by atoms with Crippen LogP contribution in [0.4, 0.5) is 5.69 Å². The number of hydrogen-bond donors (Lipinski definition) is 1. The number of rotatable bonds is 5. The number of benzene rings is 1. The molecule has 5 nitrogen and oxygen atoms in total. The maximum atomic E-state index is 12.2. The van der Waals surface area contributed by atoms with Crippen LogP contribution in [-0.2, 0) is 14.8 Å². The Balaban J connectivity index is 1.95. The van der Waals surface area contributed by atoms with Crippen LogP contribution in [0.1, 0.15) is 37.7 Å². The topological polar surface area (TPSA) is 66.5 Å². The third-order valence-corrected chi connectivity index (χ3v) is 4.71. The summed E-state index contributed by atoms with van der Waals surface area (Å²) in [6, 6.07) is 7.25. The number of amides is 1. The highest BCUT2D eigenvalue weighted by molar-refractivity contribution is 7.92. The largest absolute Gasteiger partial charge is 0.339 e. The second-order valence-electron chi connectivity index (χ2n) is 6.07. The van der Waals surface area contributed by atoms with Crippen molar-refractivity contribution in [1.29, 1.82) is 0 Å². The summed E-state index contributed by atoms with van der Waals surface area (Å²) in [5.74, 6) is 0.00948. The van der Waals surface area contributed by atoms with Gasteiger partial charge in [0.15, 0.2) is 0 Å². The average Bonchev–Trinajstić information content (AvgIpc) is 2.52. The zero-order valence-corrected chi connectivity index (χ0v) is 14.5. The van der Waals surface area contributed by atoms with E-state index in [1.54, 1.807) is 36.4 Å². The van der Waals surface area contributed by atoms with Gasteiger partial charge in [0.1, 0.15) is 0 Å². The van der Waals surface area contributed by atoms with E-state index < -0.39 is 10.0 Å². The summed E-state index contributed by atoms with van der Waals surface area (Å²) in [5.41, 5.74) is 1.37. The molecule has 1 aliphatic rings. The fourth-order valence-corrected chi connectivity index (χ4v) is 3.37. The van der Waals surface area contributed by atoms with E-state index in [-0.39, 0.29) is 5.91 Å². The summed E-state index contributed by atoms with van der Waals surface area (Å²) in [6.45, 7) is 0. The highest BCUT2D eigenvalue weighted by Crippen LogP contribution is 2.22. The van der Waals surface area contributed by atoms with Crippen LogP contribution in [0.5, 0.6) is 0 Å². The third-order valence-electron chi connectivity index (χ3n) is 4.10. The molecule has 0 saturated heterocycles. The van der Waals surface area contributed by atoms with E-state index in [9.17, 15) is 13.2 Å². The predicted octanol–water partition coefficient (Wildman–Crippen LogP) is 2.86. The average molecular weight is 336 g/mol. The molecular formula is C17H24N2O3S. The molecule has 0 bridgehead atoms. The molecule has 1 aromatic rings. The summed E-state index contributed by atoms with van der Waals surface area (Å²) in [5, 5.41) is 0. The molecule has 0 aliphatic heterocycles. The van der Waals surface area contributed by atoms with E-state index >= 15 is 0 Å². The van der Waals surface area contributed by atoms with Crippen LogP contribution in [0.2, 0.25) is 0 Å². The Labute approximate surface area is 138 Å². The molecule has 1 fully saturated rings. The highest BCUT2D eigenvalue weighted by Gasteiger charge is 2.20. The van der Waals surface area contributed by atoms with Crippen LogP contribution in [0, 0.1) is 0 Å². The monoisotopic (exact) mass is 336 g/mol. The molecule has 126 valence electrons. The number of nitrogens with one attached hydrogen (secondary N) is 1. The lowest BCUT2D eigenvalue weighted by Gasteiger charge is -2.30. The van der Waals surface area contributed by atoms with Gasteiger partial charge in [-0.2, -0.15) is 0 Å². The maximum absolute atomic E-state index is 12.2. The Kier molecular flexibility index (Phi) is 5.82. The van der Waals surface area contributed by atoms with Crippen LogP contribution in [-0.4, -0.2) is 38.6 Å². The van der Waals surface area contributed by atoms with Crippen LogP contribution in [0.15, 0.2) is 30.3 Å². The SMILES string of the molecule is CN(C(=O)/C=C/c1ccc(NS(C)(=O)=O)cc1)C1CCCCC1. The molecule has 0 heterocycles. The quantitative estimate of drug-likeness (QED) is 0.841. The van der Waals surface area contributed by atoms with Gasteiger partial charge in [-0.3, -0.25) is 9.52 Å². The van der Waals surface area contributed by atoms with Gasteiger partial charge in [-0.25, -0.2) is 8.42 Å². The van der Waals surface area contributed by atoms with Crippen molar-refractivity contribution in [3.8, 4) is 0 Å². The minimum absolute atomic E-state index is 0.00948. The molecule has 0 aromatic heterocycles. The summed E-state index contributed by atoms with van der Waals surface area (Å²) < 4.78 is 24.7. The first-order valence-electron chi connectivity index (χ1n) is 7.88. The highest BCUT2D eigenvalue weighted by atomic mass is 32.2. The Morgan fingerprint density at radius 1 is 1.17 bits per heavy atom. The van der Waals surface area contributed by atoms with Gasteiger partial charge < -0.3 is 4.90 Å². The molecule has 1 aliphatic carbocycles. The van der Waals surface area contributed by atoms with Crippen molar-refractivity contribution in [3.63, 3.8) is 0 Å². The Hall–Kier alpha value is -1.82. The molecule has 1 N–H and O–H groups in total. The Morgan fingerprint density at radius 2 is 1.78 bits per heavy atom. The summed E-state index contributed by atoms with van der Waals surface area (Å²) in [6.07, 6.45) is 10.3. The molecule has 1 aromatic carbocycles. The fraction of sp³-hybridized carbons (Fsp3) is 0.471. The summed E-state index contributed by atoms with van der Waals surface area (Å²) in [7, 11) is -1.41. The van der Waals surface area contributed by atoms with Crippen molar-refractivity contribution >= 4 is 27.7 Å². The van der Waals surface area contributed by atoms with Crippen molar-refractivity contribution in [2.24, 2.45) is 0 Å². The number of anilines is 1. The van der Waals surface area contributed by atoms with E-state index in [1.165, 1.54) is 19.3 Å². The molecule has 0 atom stereocenters.